The largest absolute Gasteiger partial charge is 0.491 e. The predicted molar refractivity (Wildman–Crippen MR) is 115 cm³/mol. The summed E-state index contributed by atoms with van der Waals surface area (Å²) in [4.78, 5) is 17.5. The summed E-state index contributed by atoms with van der Waals surface area (Å²) in [6.45, 7) is 3.82. The Morgan fingerprint density at radius 2 is 1.82 bits per heavy atom. The van der Waals surface area contributed by atoms with Gasteiger partial charge in [0, 0.05) is 23.6 Å². The lowest BCUT2D eigenvalue weighted by Gasteiger charge is -2.13. The summed E-state index contributed by atoms with van der Waals surface area (Å²) < 4.78 is 11.7. The number of thioether (sulfide) groups is 1. The normalized spacial score (nSPS) is 11.7. The van der Waals surface area contributed by atoms with Gasteiger partial charge in [-0.05, 0) is 68.8 Å². The summed E-state index contributed by atoms with van der Waals surface area (Å²) in [6.07, 6.45) is 5.07. The number of aliphatic imine (C=N–C) groups is 1. The lowest BCUT2D eigenvalue weighted by molar-refractivity contribution is 0.100. The molecule has 2 aromatic carbocycles. The summed E-state index contributed by atoms with van der Waals surface area (Å²) in [7, 11) is 1.73. The average Bonchev–Trinajstić information content (AvgIpc) is 2.66. The molecule has 0 spiro atoms. The van der Waals surface area contributed by atoms with Crippen molar-refractivity contribution in [3.8, 4) is 17.2 Å². The van der Waals surface area contributed by atoms with Gasteiger partial charge in [-0.3, -0.25) is 4.79 Å². The lowest BCUT2D eigenvalue weighted by Crippen LogP contribution is -2.13. The number of hydrogen-bond donors (Lipinski definition) is 2. The van der Waals surface area contributed by atoms with Crippen molar-refractivity contribution in [2.75, 3.05) is 13.3 Å². The van der Waals surface area contributed by atoms with E-state index in [1.54, 1.807) is 43.2 Å². The molecule has 0 atom stereocenters. The minimum Gasteiger partial charge on any atom is -0.491 e. The van der Waals surface area contributed by atoms with Crippen LogP contribution < -0.4 is 20.5 Å². The highest BCUT2D eigenvalue weighted by Gasteiger charge is 2.12. The monoisotopic (exact) mass is 399 g/mol. The third-order valence-corrected chi connectivity index (χ3v) is 4.19. The Bertz CT molecular complexity index is 862. The van der Waals surface area contributed by atoms with Gasteiger partial charge < -0.3 is 20.5 Å². The number of amides is 1. The van der Waals surface area contributed by atoms with Crippen LogP contribution in [-0.2, 0) is 0 Å². The zero-order valence-electron chi connectivity index (χ0n) is 16.4. The second-order valence-corrected chi connectivity index (χ2v) is 6.98. The van der Waals surface area contributed by atoms with E-state index in [0.717, 1.165) is 4.90 Å². The first-order valence-corrected chi connectivity index (χ1v) is 9.99. The molecule has 148 valence electrons. The van der Waals surface area contributed by atoms with Gasteiger partial charge in [-0.1, -0.05) is 0 Å². The van der Waals surface area contributed by atoms with Crippen molar-refractivity contribution < 1.29 is 14.3 Å². The van der Waals surface area contributed by atoms with Crippen LogP contribution in [-0.4, -0.2) is 31.2 Å². The standard InChI is InChI=1S/C21H25N3O3S/c1-14(2)26-17-11-15(21(25)24-20(22)9-10-23-3)12-18(13-17)27-16-5-7-19(28-4)8-6-16/h5-14,23H,1-4H3,(H2,22,24,25)/b10-9-. The molecule has 0 aliphatic rings. The third kappa shape index (κ3) is 6.66. The van der Waals surface area contributed by atoms with Crippen molar-refractivity contribution in [3.63, 3.8) is 0 Å². The minimum atomic E-state index is -0.477. The van der Waals surface area contributed by atoms with Gasteiger partial charge >= 0.3 is 0 Å². The number of rotatable bonds is 8. The SMILES string of the molecule is CN/C=C\C(N)=NC(=O)c1cc(Oc2ccc(SC)cc2)cc(OC(C)C)c1. The van der Waals surface area contributed by atoms with Crippen LogP contribution in [0.5, 0.6) is 17.2 Å². The first kappa shape index (κ1) is 21.4. The molecule has 0 fully saturated rings. The van der Waals surface area contributed by atoms with Crippen molar-refractivity contribution in [2.45, 2.75) is 24.8 Å². The van der Waals surface area contributed by atoms with E-state index in [-0.39, 0.29) is 11.9 Å². The van der Waals surface area contributed by atoms with Crippen LogP contribution in [0.4, 0.5) is 0 Å². The number of nitrogens with two attached hydrogens (primary N) is 1. The summed E-state index contributed by atoms with van der Waals surface area (Å²) in [6, 6.07) is 12.7. The molecule has 0 aliphatic carbocycles. The van der Waals surface area contributed by atoms with Gasteiger partial charge in [0.2, 0.25) is 0 Å². The molecule has 0 bridgehead atoms. The summed E-state index contributed by atoms with van der Waals surface area (Å²) >= 11 is 1.65. The van der Waals surface area contributed by atoms with Crippen LogP contribution >= 0.6 is 11.8 Å². The number of benzene rings is 2. The zero-order valence-corrected chi connectivity index (χ0v) is 17.2. The first-order chi connectivity index (χ1) is 13.4. The van der Waals surface area contributed by atoms with Crippen LogP contribution in [0.25, 0.3) is 0 Å². The Morgan fingerprint density at radius 1 is 1.14 bits per heavy atom. The Kier molecular flexibility index (Phi) is 7.95. The predicted octanol–water partition coefficient (Wildman–Crippen LogP) is 4.22. The number of carbonyl (C=O) groups is 1. The van der Waals surface area contributed by atoms with Gasteiger partial charge in [-0.15, -0.1) is 11.8 Å². The second-order valence-electron chi connectivity index (χ2n) is 6.10. The topological polar surface area (TPSA) is 85.9 Å². The third-order valence-electron chi connectivity index (χ3n) is 3.45. The molecule has 0 aromatic heterocycles. The fourth-order valence-electron chi connectivity index (χ4n) is 2.26. The van der Waals surface area contributed by atoms with E-state index in [1.807, 2.05) is 44.4 Å². The van der Waals surface area contributed by atoms with Gasteiger partial charge in [0.15, 0.2) is 0 Å². The molecular formula is C21H25N3O3S. The molecule has 0 aliphatic heterocycles. The summed E-state index contributed by atoms with van der Waals surface area (Å²) in [5, 5.41) is 2.79. The molecule has 28 heavy (non-hydrogen) atoms. The summed E-state index contributed by atoms with van der Waals surface area (Å²) in [5.74, 6) is 1.30. The molecule has 0 heterocycles. The Morgan fingerprint density at radius 3 is 2.43 bits per heavy atom. The van der Waals surface area contributed by atoms with Gasteiger partial charge in [-0.2, -0.15) is 4.99 Å². The van der Waals surface area contributed by atoms with E-state index < -0.39 is 5.91 Å². The zero-order chi connectivity index (χ0) is 20.5. The van der Waals surface area contributed by atoms with Gasteiger partial charge in [0.05, 0.1) is 6.10 Å². The number of amidine groups is 1. The fraction of sp³-hybridized carbons (Fsp3) is 0.238. The van der Waals surface area contributed by atoms with E-state index in [9.17, 15) is 4.79 Å². The highest BCUT2D eigenvalue weighted by molar-refractivity contribution is 7.98. The Hall–Kier alpha value is -2.93. The van der Waals surface area contributed by atoms with E-state index in [0.29, 0.717) is 22.8 Å². The van der Waals surface area contributed by atoms with E-state index >= 15 is 0 Å². The first-order valence-electron chi connectivity index (χ1n) is 8.77. The van der Waals surface area contributed by atoms with Gasteiger partial charge in [-0.25, -0.2) is 0 Å². The molecule has 0 radical (unpaired) electrons. The molecule has 0 unspecified atom stereocenters. The maximum Gasteiger partial charge on any atom is 0.279 e. The molecule has 6 nitrogen and oxygen atoms in total. The Balaban J connectivity index is 2.32. The van der Waals surface area contributed by atoms with E-state index in [1.165, 1.54) is 6.08 Å². The van der Waals surface area contributed by atoms with E-state index in [2.05, 4.69) is 10.3 Å². The lowest BCUT2D eigenvalue weighted by atomic mass is 10.2. The second kappa shape index (κ2) is 10.4. The van der Waals surface area contributed by atoms with Gasteiger partial charge in [0.1, 0.15) is 23.1 Å². The Labute approximate surface area is 169 Å². The van der Waals surface area contributed by atoms with Crippen molar-refractivity contribution in [1.29, 1.82) is 0 Å². The minimum absolute atomic E-state index is 0.0498. The van der Waals surface area contributed by atoms with Crippen molar-refractivity contribution in [1.82, 2.24) is 5.32 Å². The number of ether oxygens (including phenoxy) is 2. The molecule has 2 aromatic rings. The molecule has 3 N–H and O–H groups in total. The maximum absolute atomic E-state index is 12.5. The quantitative estimate of drug-likeness (QED) is 0.393. The van der Waals surface area contributed by atoms with Crippen molar-refractivity contribution in [2.24, 2.45) is 10.7 Å². The maximum atomic E-state index is 12.5. The van der Waals surface area contributed by atoms with Crippen LogP contribution in [0.3, 0.4) is 0 Å². The van der Waals surface area contributed by atoms with Crippen LogP contribution in [0.15, 0.2) is 64.6 Å². The van der Waals surface area contributed by atoms with Crippen LogP contribution in [0.1, 0.15) is 24.2 Å². The molecule has 1 amide bonds. The summed E-state index contributed by atoms with van der Waals surface area (Å²) in [5.41, 5.74) is 6.07. The molecule has 7 heteroatoms. The molecule has 2 rings (SSSR count). The smallest absolute Gasteiger partial charge is 0.279 e. The number of nitrogens with zero attached hydrogens (tertiary/aromatic N) is 1. The van der Waals surface area contributed by atoms with Crippen molar-refractivity contribution >= 4 is 23.5 Å². The molecular weight excluding hydrogens is 374 g/mol. The van der Waals surface area contributed by atoms with Crippen molar-refractivity contribution in [3.05, 3.63) is 60.3 Å². The number of hydrogen-bond acceptors (Lipinski definition) is 5. The fourth-order valence-corrected chi connectivity index (χ4v) is 2.67. The van der Waals surface area contributed by atoms with Crippen LogP contribution in [0.2, 0.25) is 0 Å². The number of nitrogens with one attached hydrogen (secondary N) is 1. The highest BCUT2D eigenvalue weighted by atomic mass is 32.2. The highest BCUT2D eigenvalue weighted by Crippen LogP contribution is 2.29. The molecule has 0 saturated carbocycles. The van der Waals surface area contributed by atoms with Crippen LogP contribution in [0, 0.1) is 0 Å². The van der Waals surface area contributed by atoms with Gasteiger partial charge in [0.25, 0.3) is 5.91 Å². The average molecular weight is 400 g/mol. The van der Waals surface area contributed by atoms with E-state index in [4.69, 9.17) is 15.2 Å². The molecule has 0 saturated heterocycles. The number of carbonyl (C=O) groups excluding carboxylic acids is 1.